The van der Waals surface area contributed by atoms with Gasteiger partial charge in [0.15, 0.2) is 11.6 Å². The third kappa shape index (κ3) is 4.66. The minimum absolute atomic E-state index is 0.311. The van der Waals surface area contributed by atoms with Crippen LogP contribution in [-0.4, -0.2) is 37.0 Å². The molecule has 3 aromatic rings. The predicted molar refractivity (Wildman–Crippen MR) is 115 cm³/mol. The summed E-state index contributed by atoms with van der Waals surface area (Å²) in [6, 6.07) is 21.4. The number of anilines is 2. The van der Waals surface area contributed by atoms with Gasteiger partial charge in [-0.25, -0.2) is 8.78 Å². The van der Waals surface area contributed by atoms with Gasteiger partial charge in [0.2, 0.25) is 0 Å². The maximum absolute atomic E-state index is 13.8. The molecule has 3 aromatic carbocycles. The number of benzene rings is 3. The van der Waals surface area contributed by atoms with Crippen LogP contribution in [0.25, 0.3) is 0 Å². The molecule has 1 aliphatic heterocycles. The summed E-state index contributed by atoms with van der Waals surface area (Å²) in [5.41, 5.74) is 2.62. The highest BCUT2D eigenvalue weighted by atomic mass is 19.2. The molecule has 0 unspecified atom stereocenters. The standard InChI is InChI=1S/C24H23F2N3O/c25-22-8-4-7-21(23(22)26)24(30)27-19-9-11-20(12-10-19)29-15-13-28(14-16-29)17-18-5-2-1-3-6-18/h1-12H,13-17H2,(H,27,30). The fourth-order valence-electron chi connectivity index (χ4n) is 3.64. The SMILES string of the molecule is O=C(Nc1ccc(N2CCN(Cc3ccccc3)CC2)cc1)c1cccc(F)c1F. The van der Waals surface area contributed by atoms with Crippen LogP contribution in [0, 0.1) is 11.6 Å². The van der Waals surface area contributed by atoms with Crippen LogP contribution in [0.2, 0.25) is 0 Å². The quantitative estimate of drug-likeness (QED) is 0.675. The Bertz CT molecular complexity index is 1000. The molecule has 1 N–H and O–H groups in total. The number of piperazine rings is 1. The number of carbonyl (C=O) groups excluding carboxylic acids is 1. The second-order valence-electron chi connectivity index (χ2n) is 7.35. The third-order valence-electron chi connectivity index (χ3n) is 5.31. The average molecular weight is 407 g/mol. The maximum atomic E-state index is 13.8. The van der Waals surface area contributed by atoms with Crippen LogP contribution in [0.5, 0.6) is 0 Å². The lowest BCUT2D eigenvalue weighted by Gasteiger charge is -2.36. The van der Waals surface area contributed by atoms with Crippen LogP contribution in [-0.2, 0) is 6.54 Å². The number of halogens is 2. The highest BCUT2D eigenvalue weighted by Gasteiger charge is 2.18. The number of nitrogens with zero attached hydrogens (tertiary/aromatic N) is 2. The molecule has 1 amide bonds. The fraction of sp³-hybridized carbons (Fsp3) is 0.208. The third-order valence-corrected chi connectivity index (χ3v) is 5.31. The Hall–Kier alpha value is -3.25. The number of nitrogens with one attached hydrogen (secondary N) is 1. The molecule has 4 rings (SSSR count). The normalized spacial score (nSPS) is 14.5. The van der Waals surface area contributed by atoms with E-state index in [1.165, 1.54) is 17.7 Å². The van der Waals surface area contributed by atoms with Gasteiger partial charge in [-0.15, -0.1) is 0 Å². The highest BCUT2D eigenvalue weighted by molar-refractivity contribution is 6.04. The van der Waals surface area contributed by atoms with Gasteiger partial charge in [-0.2, -0.15) is 0 Å². The molecule has 1 heterocycles. The molecule has 30 heavy (non-hydrogen) atoms. The van der Waals surface area contributed by atoms with Crippen LogP contribution in [0.15, 0.2) is 72.8 Å². The van der Waals surface area contributed by atoms with Gasteiger partial charge >= 0.3 is 0 Å². The Balaban J connectivity index is 1.33. The average Bonchev–Trinajstić information content (AvgIpc) is 2.77. The van der Waals surface area contributed by atoms with E-state index in [-0.39, 0.29) is 5.56 Å². The number of amides is 1. The summed E-state index contributed by atoms with van der Waals surface area (Å²) >= 11 is 0. The van der Waals surface area contributed by atoms with Crippen molar-refractivity contribution >= 4 is 17.3 Å². The maximum Gasteiger partial charge on any atom is 0.258 e. The Kier molecular flexibility index (Phi) is 6.05. The van der Waals surface area contributed by atoms with Crippen molar-refractivity contribution in [1.29, 1.82) is 0 Å². The lowest BCUT2D eigenvalue weighted by molar-refractivity contribution is 0.102. The van der Waals surface area contributed by atoms with Gasteiger partial charge in [0.1, 0.15) is 0 Å². The van der Waals surface area contributed by atoms with E-state index >= 15 is 0 Å². The zero-order chi connectivity index (χ0) is 20.9. The van der Waals surface area contributed by atoms with Gasteiger partial charge in [0.05, 0.1) is 5.56 Å². The van der Waals surface area contributed by atoms with E-state index in [2.05, 4.69) is 39.4 Å². The number of hydrogen-bond acceptors (Lipinski definition) is 3. The molecule has 0 aromatic heterocycles. The van der Waals surface area contributed by atoms with E-state index in [0.717, 1.165) is 44.5 Å². The van der Waals surface area contributed by atoms with Crippen LogP contribution < -0.4 is 10.2 Å². The summed E-state index contributed by atoms with van der Waals surface area (Å²) in [5.74, 6) is -2.85. The molecular weight excluding hydrogens is 384 g/mol. The van der Waals surface area contributed by atoms with Crippen molar-refractivity contribution in [2.45, 2.75) is 6.54 Å². The highest BCUT2D eigenvalue weighted by Crippen LogP contribution is 2.21. The Morgan fingerprint density at radius 1 is 0.833 bits per heavy atom. The molecule has 0 radical (unpaired) electrons. The van der Waals surface area contributed by atoms with Crippen molar-refractivity contribution < 1.29 is 13.6 Å². The van der Waals surface area contributed by atoms with E-state index in [1.807, 2.05) is 18.2 Å². The fourth-order valence-corrected chi connectivity index (χ4v) is 3.64. The van der Waals surface area contributed by atoms with Gasteiger partial charge in [-0.3, -0.25) is 9.69 Å². The second-order valence-corrected chi connectivity index (χ2v) is 7.35. The molecule has 1 fully saturated rings. The monoisotopic (exact) mass is 407 g/mol. The summed E-state index contributed by atoms with van der Waals surface area (Å²) in [5, 5.41) is 2.62. The zero-order valence-corrected chi connectivity index (χ0v) is 16.5. The van der Waals surface area contributed by atoms with Crippen molar-refractivity contribution in [1.82, 2.24) is 4.90 Å². The van der Waals surface area contributed by atoms with E-state index in [4.69, 9.17) is 0 Å². The molecule has 1 aliphatic rings. The van der Waals surface area contributed by atoms with Crippen LogP contribution in [0.1, 0.15) is 15.9 Å². The summed E-state index contributed by atoms with van der Waals surface area (Å²) in [6.07, 6.45) is 0. The minimum Gasteiger partial charge on any atom is -0.369 e. The van der Waals surface area contributed by atoms with E-state index in [0.29, 0.717) is 5.69 Å². The molecule has 4 nitrogen and oxygen atoms in total. The van der Waals surface area contributed by atoms with Gasteiger partial charge in [-0.1, -0.05) is 36.4 Å². The Morgan fingerprint density at radius 2 is 1.53 bits per heavy atom. The lowest BCUT2D eigenvalue weighted by Crippen LogP contribution is -2.45. The summed E-state index contributed by atoms with van der Waals surface area (Å²) in [7, 11) is 0. The van der Waals surface area contributed by atoms with Crippen molar-refractivity contribution in [3.63, 3.8) is 0 Å². The van der Waals surface area contributed by atoms with Crippen LogP contribution in [0.3, 0.4) is 0 Å². The molecule has 6 heteroatoms. The summed E-state index contributed by atoms with van der Waals surface area (Å²) < 4.78 is 27.1. The summed E-state index contributed by atoms with van der Waals surface area (Å²) in [6.45, 7) is 4.76. The van der Waals surface area contributed by atoms with Gasteiger partial charge < -0.3 is 10.2 Å². The van der Waals surface area contributed by atoms with Crippen LogP contribution >= 0.6 is 0 Å². The number of hydrogen-bond donors (Lipinski definition) is 1. The lowest BCUT2D eigenvalue weighted by atomic mass is 10.1. The molecule has 0 aliphatic carbocycles. The molecule has 0 saturated carbocycles. The van der Waals surface area contributed by atoms with Crippen molar-refractivity contribution in [3.05, 3.63) is 95.6 Å². The second kappa shape index (κ2) is 9.05. The van der Waals surface area contributed by atoms with Crippen LogP contribution in [0.4, 0.5) is 20.2 Å². The number of rotatable bonds is 5. The van der Waals surface area contributed by atoms with Crippen molar-refractivity contribution in [2.75, 3.05) is 36.4 Å². The van der Waals surface area contributed by atoms with Gasteiger partial charge in [0.25, 0.3) is 5.91 Å². The van der Waals surface area contributed by atoms with Crippen molar-refractivity contribution in [2.24, 2.45) is 0 Å². The molecule has 1 saturated heterocycles. The first-order valence-corrected chi connectivity index (χ1v) is 9.97. The molecule has 0 spiro atoms. The van der Waals surface area contributed by atoms with E-state index < -0.39 is 17.5 Å². The molecular formula is C24H23F2N3O. The molecule has 154 valence electrons. The largest absolute Gasteiger partial charge is 0.369 e. The Labute approximate surface area is 174 Å². The van der Waals surface area contributed by atoms with E-state index in [1.54, 1.807) is 12.1 Å². The van der Waals surface area contributed by atoms with Gasteiger partial charge in [-0.05, 0) is 42.0 Å². The smallest absolute Gasteiger partial charge is 0.258 e. The Morgan fingerprint density at radius 3 is 2.23 bits per heavy atom. The molecule has 0 atom stereocenters. The first kappa shape index (κ1) is 20.0. The van der Waals surface area contributed by atoms with Gasteiger partial charge in [0, 0.05) is 44.1 Å². The first-order valence-electron chi connectivity index (χ1n) is 9.97. The van der Waals surface area contributed by atoms with E-state index in [9.17, 15) is 13.6 Å². The number of carbonyl (C=O) groups is 1. The first-order chi connectivity index (χ1) is 14.6. The van der Waals surface area contributed by atoms with Crippen molar-refractivity contribution in [3.8, 4) is 0 Å². The molecule has 0 bridgehead atoms. The minimum atomic E-state index is -1.14. The summed E-state index contributed by atoms with van der Waals surface area (Å²) in [4.78, 5) is 17.0. The topological polar surface area (TPSA) is 35.6 Å². The zero-order valence-electron chi connectivity index (χ0n) is 16.5. The predicted octanol–water partition coefficient (Wildman–Crippen LogP) is 4.54.